The van der Waals surface area contributed by atoms with Gasteiger partial charge in [-0.2, -0.15) is 0 Å². The number of rotatable bonds is 1. The van der Waals surface area contributed by atoms with Crippen LogP contribution in [-0.2, 0) is 4.74 Å². The summed E-state index contributed by atoms with van der Waals surface area (Å²) in [4.78, 5) is 2.34. The van der Waals surface area contributed by atoms with Crippen LogP contribution >= 0.6 is 0 Å². The van der Waals surface area contributed by atoms with Gasteiger partial charge in [-0.15, -0.1) is 0 Å². The predicted octanol–water partition coefficient (Wildman–Crippen LogP) is -2.12. The summed E-state index contributed by atoms with van der Waals surface area (Å²) in [5.41, 5.74) is 0.315. The van der Waals surface area contributed by atoms with E-state index in [1.54, 1.807) is 0 Å². The fourth-order valence-electron chi connectivity index (χ4n) is 2.02. The van der Waals surface area contributed by atoms with E-state index in [9.17, 15) is 0 Å². The van der Waals surface area contributed by atoms with Gasteiger partial charge in [-0.3, -0.25) is 0 Å². The van der Waals surface area contributed by atoms with Gasteiger partial charge in [-0.1, -0.05) is 0 Å². The first-order valence-electron chi connectivity index (χ1n) is 4.23. The van der Waals surface area contributed by atoms with E-state index in [2.05, 4.69) is 8.04 Å². The van der Waals surface area contributed by atoms with Gasteiger partial charge in [0, 0.05) is 0 Å². The van der Waals surface area contributed by atoms with Crippen molar-refractivity contribution in [1.82, 2.24) is 3.11 Å². The Labute approximate surface area is 78.9 Å². The van der Waals surface area contributed by atoms with Crippen LogP contribution in [0.2, 0.25) is 0 Å². The maximum atomic E-state index is 5.81. The van der Waals surface area contributed by atoms with E-state index in [1.807, 2.05) is 0 Å². The van der Waals surface area contributed by atoms with Gasteiger partial charge in [0.2, 0.25) is 0 Å². The van der Waals surface area contributed by atoms with Crippen molar-refractivity contribution >= 4 is 0 Å². The summed E-state index contributed by atoms with van der Waals surface area (Å²) in [6.07, 6.45) is 3.89. The van der Waals surface area contributed by atoms with E-state index in [1.165, 1.54) is 32.4 Å². The molecule has 11 heavy (non-hydrogen) atoms. The molecule has 2 heterocycles. The molecule has 66 valence electrons. The average Bonchev–Trinajstić information content (AvgIpc) is 2.62. The SMILES string of the molecule is C[I-]N1CCC2(CCCO2)C1. The fraction of sp³-hybridized carbons (Fsp3) is 1.00. The second-order valence-electron chi connectivity index (χ2n) is 3.40. The van der Waals surface area contributed by atoms with Gasteiger partial charge in [-0.25, -0.2) is 0 Å². The molecule has 0 bridgehead atoms. The van der Waals surface area contributed by atoms with Gasteiger partial charge in [0.15, 0.2) is 0 Å². The zero-order chi connectivity index (χ0) is 7.73. The minimum atomic E-state index is 0.313. The molecule has 2 saturated heterocycles. The van der Waals surface area contributed by atoms with Crippen LogP contribution in [0.5, 0.6) is 0 Å². The minimum absolute atomic E-state index is 0.313. The van der Waals surface area contributed by atoms with Crippen molar-refractivity contribution < 1.29 is 26.2 Å². The van der Waals surface area contributed by atoms with E-state index < -0.39 is 0 Å². The summed E-state index contributed by atoms with van der Waals surface area (Å²) in [5.74, 6) is 0. The van der Waals surface area contributed by atoms with Gasteiger partial charge in [0.25, 0.3) is 0 Å². The van der Waals surface area contributed by atoms with Gasteiger partial charge in [0.05, 0.1) is 0 Å². The molecule has 2 fully saturated rings. The van der Waals surface area contributed by atoms with Crippen molar-refractivity contribution in [2.45, 2.75) is 24.9 Å². The number of halogens is 1. The monoisotopic (exact) mass is 268 g/mol. The first kappa shape index (κ1) is 8.26. The van der Waals surface area contributed by atoms with Crippen molar-refractivity contribution in [2.75, 3.05) is 24.6 Å². The Morgan fingerprint density at radius 3 is 2.91 bits per heavy atom. The number of hydrogen-bond acceptors (Lipinski definition) is 2. The summed E-state index contributed by atoms with van der Waals surface area (Å²) in [6, 6.07) is 0. The van der Waals surface area contributed by atoms with E-state index in [-0.39, 0.29) is 0 Å². The molecule has 0 aromatic rings. The quantitative estimate of drug-likeness (QED) is 0.306. The molecule has 1 spiro atoms. The first-order chi connectivity index (χ1) is 5.35. The number of alkyl halides is 1. The Morgan fingerprint density at radius 1 is 1.45 bits per heavy atom. The molecule has 1 atom stereocenters. The van der Waals surface area contributed by atoms with Crippen LogP contribution in [0, 0.1) is 0 Å². The molecule has 0 amide bonds. The second kappa shape index (κ2) is 3.18. The van der Waals surface area contributed by atoms with E-state index in [4.69, 9.17) is 4.74 Å². The number of hydrogen-bond donors (Lipinski definition) is 0. The normalized spacial score (nSPS) is 39.4. The molecular formula is C8H15INO-. The Kier molecular flexibility index (Phi) is 2.39. The van der Waals surface area contributed by atoms with Crippen molar-refractivity contribution in [3.63, 3.8) is 0 Å². The summed E-state index contributed by atoms with van der Waals surface area (Å²) >= 11 is 0.313. The topological polar surface area (TPSA) is 12.5 Å². The van der Waals surface area contributed by atoms with Crippen molar-refractivity contribution in [3.8, 4) is 0 Å². The Balaban J connectivity index is 1.96. The molecule has 2 aliphatic heterocycles. The predicted molar refractivity (Wildman–Crippen MR) is 40.0 cm³/mol. The third kappa shape index (κ3) is 1.55. The average molecular weight is 268 g/mol. The van der Waals surface area contributed by atoms with Crippen LogP contribution in [0.1, 0.15) is 19.3 Å². The van der Waals surface area contributed by atoms with Crippen LogP contribution in [0.25, 0.3) is 0 Å². The second-order valence-corrected chi connectivity index (χ2v) is 5.73. The van der Waals surface area contributed by atoms with Gasteiger partial charge >= 0.3 is 78.8 Å². The molecule has 1 unspecified atom stereocenters. The molecule has 2 aliphatic rings. The molecule has 0 aromatic carbocycles. The molecule has 2 rings (SSSR count). The van der Waals surface area contributed by atoms with Crippen LogP contribution < -0.4 is 21.5 Å². The summed E-state index contributed by atoms with van der Waals surface area (Å²) in [6.45, 7) is 3.54. The number of ether oxygens (including phenoxy) is 1. The standard InChI is InChI=1S/C8H15INO/c1-9-10-5-4-8(7-10)3-2-6-11-8/h2-7H2,1H3/q-1. The first-order valence-corrected chi connectivity index (χ1v) is 7.36. The molecular weight excluding hydrogens is 253 g/mol. The third-order valence-corrected chi connectivity index (χ3v) is 4.88. The Morgan fingerprint density at radius 2 is 2.36 bits per heavy atom. The van der Waals surface area contributed by atoms with Crippen molar-refractivity contribution in [3.05, 3.63) is 0 Å². The molecule has 0 radical (unpaired) electrons. The fourth-order valence-corrected chi connectivity index (χ4v) is 3.70. The van der Waals surface area contributed by atoms with Crippen LogP contribution in [0.4, 0.5) is 0 Å². The van der Waals surface area contributed by atoms with Gasteiger partial charge in [0.1, 0.15) is 0 Å². The molecule has 0 saturated carbocycles. The maximum absolute atomic E-state index is 5.81. The molecule has 0 aromatic heterocycles. The van der Waals surface area contributed by atoms with Crippen LogP contribution in [0.15, 0.2) is 0 Å². The zero-order valence-electron chi connectivity index (χ0n) is 6.98. The van der Waals surface area contributed by atoms with Crippen molar-refractivity contribution in [2.24, 2.45) is 0 Å². The molecule has 0 aliphatic carbocycles. The number of nitrogens with zero attached hydrogens (tertiary/aromatic N) is 1. The molecule has 2 nitrogen and oxygen atoms in total. The summed E-state index contributed by atoms with van der Waals surface area (Å²) < 4.78 is 8.41. The summed E-state index contributed by atoms with van der Waals surface area (Å²) in [7, 11) is 0. The van der Waals surface area contributed by atoms with Gasteiger partial charge in [-0.05, 0) is 0 Å². The molecule has 0 N–H and O–H groups in total. The van der Waals surface area contributed by atoms with Crippen LogP contribution in [-0.4, -0.2) is 33.3 Å². The van der Waals surface area contributed by atoms with E-state index >= 15 is 0 Å². The van der Waals surface area contributed by atoms with Crippen molar-refractivity contribution in [1.29, 1.82) is 0 Å². The van der Waals surface area contributed by atoms with Crippen LogP contribution in [0.3, 0.4) is 0 Å². The zero-order valence-corrected chi connectivity index (χ0v) is 9.13. The third-order valence-electron chi connectivity index (χ3n) is 2.69. The Hall–Kier alpha value is 0.650. The molecule has 3 heteroatoms. The Bertz CT molecular complexity index is 145. The van der Waals surface area contributed by atoms with E-state index in [0.29, 0.717) is 27.1 Å². The van der Waals surface area contributed by atoms with E-state index in [0.717, 1.165) is 6.61 Å². The summed E-state index contributed by atoms with van der Waals surface area (Å²) in [5, 5.41) is 0. The van der Waals surface area contributed by atoms with Gasteiger partial charge < -0.3 is 0 Å².